The molecule has 0 bridgehead atoms. The van der Waals surface area contributed by atoms with E-state index in [9.17, 15) is 14.0 Å². The van der Waals surface area contributed by atoms with Gasteiger partial charge in [0.1, 0.15) is 28.9 Å². The molecule has 0 saturated heterocycles. The second kappa shape index (κ2) is 7.93. The molecule has 188 valence electrons. The van der Waals surface area contributed by atoms with Crippen LogP contribution < -0.4 is 10.2 Å². The van der Waals surface area contributed by atoms with Crippen molar-refractivity contribution in [3.05, 3.63) is 88.3 Å². The molecule has 3 aromatic heterocycles. The van der Waals surface area contributed by atoms with E-state index in [2.05, 4.69) is 25.3 Å². The summed E-state index contributed by atoms with van der Waals surface area (Å²) in [7, 11) is 0. The second-order valence-corrected chi connectivity index (χ2v) is 9.77. The molecule has 5 heterocycles. The number of carbonyl (C=O) groups is 2. The molecule has 0 radical (unpaired) electrons. The summed E-state index contributed by atoms with van der Waals surface area (Å²) in [5, 5.41) is 8.06. The smallest absolute Gasteiger partial charge is 0.243 e. The van der Waals surface area contributed by atoms with Crippen LogP contribution >= 0.6 is 11.6 Å². The molecule has 2 aromatic carbocycles. The monoisotopic (exact) mass is 528 g/mol. The number of fused-ring (bicyclic) bond motifs is 5. The molecule has 0 aliphatic carbocycles. The van der Waals surface area contributed by atoms with Crippen LogP contribution in [0, 0.1) is 12.7 Å². The van der Waals surface area contributed by atoms with E-state index < -0.39 is 5.41 Å². The van der Waals surface area contributed by atoms with Crippen molar-refractivity contribution in [3.8, 4) is 5.82 Å². The molecule has 0 unspecified atom stereocenters. The van der Waals surface area contributed by atoms with Crippen LogP contribution in [0.4, 0.5) is 15.9 Å². The fraction of sp³-hybridized carbons (Fsp3) is 0.154. The van der Waals surface area contributed by atoms with E-state index in [0.717, 1.165) is 5.56 Å². The molecule has 10 nitrogen and oxygen atoms in total. The van der Waals surface area contributed by atoms with Gasteiger partial charge in [-0.3, -0.25) is 9.59 Å². The number of aromatic amines is 1. The predicted molar refractivity (Wildman–Crippen MR) is 137 cm³/mol. The largest absolute Gasteiger partial charge is 0.340 e. The average molecular weight is 529 g/mol. The Balaban J connectivity index is 1.46. The minimum atomic E-state index is -1.36. The summed E-state index contributed by atoms with van der Waals surface area (Å²) in [5.74, 6) is -0.271. The zero-order chi connectivity index (χ0) is 26.2. The lowest BCUT2D eigenvalue weighted by Crippen LogP contribution is -2.46. The van der Waals surface area contributed by atoms with Crippen molar-refractivity contribution in [2.24, 2.45) is 0 Å². The van der Waals surface area contributed by atoms with E-state index in [-0.39, 0.29) is 30.6 Å². The lowest BCUT2D eigenvalue weighted by Gasteiger charge is -2.33. The van der Waals surface area contributed by atoms with E-state index in [1.165, 1.54) is 29.5 Å². The maximum Gasteiger partial charge on any atom is 0.243 e. The van der Waals surface area contributed by atoms with Crippen molar-refractivity contribution in [2.45, 2.75) is 25.3 Å². The first kappa shape index (κ1) is 22.5. The van der Waals surface area contributed by atoms with Crippen molar-refractivity contribution in [2.75, 3.05) is 10.2 Å². The zero-order valence-corrected chi connectivity index (χ0v) is 20.6. The van der Waals surface area contributed by atoms with E-state index in [4.69, 9.17) is 16.7 Å². The molecule has 7 rings (SSSR count). The number of nitrogens with one attached hydrogen (secondary N) is 2. The number of rotatable bonds is 3. The molecule has 38 heavy (non-hydrogen) atoms. The Kier molecular flexibility index (Phi) is 4.70. The molecular formula is C26H18ClFN8O2. The van der Waals surface area contributed by atoms with Crippen LogP contribution in [0.15, 0.2) is 55.1 Å². The number of hydrogen-bond acceptors (Lipinski definition) is 6. The second-order valence-electron chi connectivity index (χ2n) is 9.33. The van der Waals surface area contributed by atoms with Gasteiger partial charge in [-0.25, -0.2) is 19.3 Å². The van der Waals surface area contributed by atoms with Gasteiger partial charge in [-0.15, -0.1) is 0 Å². The Bertz CT molecular complexity index is 1800. The molecule has 2 aliphatic rings. The Labute approximate surface area is 219 Å². The fourth-order valence-corrected chi connectivity index (χ4v) is 5.78. The number of imidazole rings is 1. The number of carbonyl (C=O) groups excluding carboxylic acids is 2. The van der Waals surface area contributed by atoms with Gasteiger partial charge < -0.3 is 15.2 Å². The molecular weight excluding hydrogens is 511 g/mol. The van der Waals surface area contributed by atoms with Crippen molar-refractivity contribution < 1.29 is 14.0 Å². The highest BCUT2D eigenvalue weighted by Crippen LogP contribution is 2.54. The topological polar surface area (TPSA) is 122 Å². The summed E-state index contributed by atoms with van der Waals surface area (Å²) in [5.41, 5.74) is 2.72. The highest BCUT2D eigenvalue weighted by Gasteiger charge is 2.58. The summed E-state index contributed by atoms with van der Waals surface area (Å²) >= 11 is 6.44. The summed E-state index contributed by atoms with van der Waals surface area (Å²) < 4.78 is 15.1. The SMILES string of the molecule is Cc1nn(-c2ncnc3nc[nH]c23)c2c1[C@]1(CC(=O)N2)C(=O)N(Cc2ccc(F)cc2)c2ccc(Cl)cc21. The highest BCUT2D eigenvalue weighted by atomic mass is 35.5. The zero-order valence-electron chi connectivity index (χ0n) is 19.9. The fourth-order valence-electron chi connectivity index (χ4n) is 5.61. The van der Waals surface area contributed by atoms with E-state index in [1.54, 1.807) is 42.2 Å². The van der Waals surface area contributed by atoms with E-state index in [1.807, 2.05) is 0 Å². The number of hydrogen-bond donors (Lipinski definition) is 2. The first-order valence-corrected chi connectivity index (χ1v) is 12.2. The number of anilines is 2. The summed E-state index contributed by atoms with van der Waals surface area (Å²) in [6, 6.07) is 11.2. The quantitative estimate of drug-likeness (QED) is 0.367. The van der Waals surface area contributed by atoms with Gasteiger partial charge in [0.15, 0.2) is 11.5 Å². The lowest BCUT2D eigenvalue weighted by molar-refractivity contribution is -0.126. The minimum absolute atomic E-state index is 0.123. The Morgan fingerprint density at radius 3 is 2.74 bits per heavy atom. The Morgan fingerprint density at radius 1 is 1.11 bits per heavy atom. The van der Waals surface area contributed by atoms with Crippen LogP contribution in [0.1, 0.15) is 28.8 Å². The number of amides is 2. The van der Waals surface area contributed by atoms with Gasteiger partial charge >= 0.3 is 0 Å². The average Bonchev–Trinajstić information content (AvgIpc) is 3.57. The normalized spacial score (nSPS) is 18.2. The van der Waals surface area contributed by atoms with Crippen LogP contribution in [0.3, 0.4) is 0 Å². The predicted octanol–water partition coefficient (Wildman–Crippen LogP) is 3.81. The molecule has 12 heteroatoms. The minimum Gasteiger partial charge on any atom is -0.340 e. The van der Waals surface area contributed by atoms with Gasteiger partial charge in [0, 0.05) is 22.7 Å². The van der Waals surface area contributed by atoms with Crippen LogP contribution in [0.2, 0.25) is 5.02 Å². The maximum absolute atomic E-state index is 14.4. The summed E-state index contributed by atoms with van der Waals surface area (Å²) in [6.45, 7) is 1.99. The maximum atomic E-state index is 14.4. The van der Waals surface area contributed by atoms with Crippen molar-refractivity contribution >= 4 is 46.1 Å². The first-order chi connectivity index (χ1) is 18.4. The summed E-state index contributed by atoms with van der Waals surface area (Å²) in [4.78, 5) is 45.1. The van der Waals surface area contributed by atoms with Gasteiger partial charge in [0.05, 0.1) is 18.6 Å². The molecule has 2 aliphatic heterocycles. The van der Waals surface area contributed by atoms with E-state index in [0.29, 0.717) is 50.3 Å². The molecule has 2 N–H and O–H groups in total. The Morgan fingerprint density at radius 2 is 1.92 bits per heavy atom. The van der Waals surface area contributed by atoms with Crippen molar-refractivity contribution in [3.63, 3.8) is 0 Å². The lowest BCUT2D eigenvalue weighted by atomic mass is 9.70. The molecule has 1 atom stereocenters. The van der Waals surface area contributed by atoms with Crippen LogP contribution in [-0.4, -0.2) is 41.5 Å². The first-order valence-electron chi connectivity index (χ1n) is 11.8. The molecule has 0 fully saturated rings. The van der Waals surface area contributed by atoms with Crippen molar-refractivity contribution in [1.29, 1.82) is 0 Å². The Hall–Kier alpha value is -4.64. The van der Waals surface area contributed by atoms with E-state index >= 15 is 0 Å². The molecule has 1 spiro atoms. The molecule has 0 saturated carbocycles. The number of benzene rings is 2. The van der Waals surface area contributed by atoms with Crippen LogP contribution in [0.5, 0.6) is 0 Å². The molecule has 5 aromatic rings. The third kappa shape index (κ3) is 3.05. The van der Waals surface area contributed by atoms with Gasteiger partial charge in [-0.2, -0.15) is 9.78 Å². The van der Waals surface area contributed by atoms with Crippen molar-refractivity contribution in [1.82, 2.24) is 29.7 Å². The van der Waals surface area contributed by atoms with Gasteiger partial charge in [0.25, 0.3) is 0 Å². The van der Waals surface area contributed by atoms with Gasteiger partial charge in [0.2, 0.25) is 11.8 Å². The number of nitrogens with zero attached hydrogens (tertiary/aromatic N) is 6. The third-order valence-electron chi connectivity index (χ3n) is 7.15. The van der Waals surface area contributed by atoms with Gasteiger partial charge in [-0.05, 0) is 48.4 Å². The third-order valence-corrected chi connectivity index (χ3v) is 7.38. The number of aromatic nitrogens is 6. The number of aryl methyl sites for hydroxylation is 1. The number of halogens is 2. The molecule has 2 amide bonds. The van der Waals surface area contributed by atoms with Gasteiger partial charge in [-0.1, -0.05) is 23.7 Å². The van der Waals surface area contributed by atoms with Crippen LogP contribution in [0.25, 0.3) is 17.0 Å². The summed E-state index contributed by atoms with van der Waals surface area (Å²) in [6.07, 6.45) is 2.74. The number of H-pyrrole nitrogens is 1. The standard InChI is InChI=1S/C26H18ClFN8O2/c1-13-20-23(36(34-13)24-21-22(30-11-29-21)31-12-32-24)33-19(37)9-26(20)17-8-15(27)4-7-18(17)35(25(26)38)10-14-2-5-16(28)6-3-14/h2-8,11-12H,9-10H2,1H3,(H,33,37)(H,29,30,31,32)/t26-/m1/s1. The highest BCUT2D eigenvalue weighted by molar-refractivity contribution is 6.31. The van der Waals surface area contributed by atoms with Crippen LogP contribution in [-0.2, 0) is 21.5 Å².